The molecule has 1 atom stereocenters. The summed E-state index contributed by atoms with van der Waals surface area (Å²) >= 11 is 0. The number of hydrogen-bond acceptors (Lipinski definition) is 4. The summed E-state index contributed by atoms with van der Waals surface area (Å²) in [4.78, 5) is 16.9. The fourth-order valence-corrected chi connectivity index (χ4v) is 2.68. The van der Waals surface area contributed by atoms with Crippen LogP contribution in [0.5, 0.6) is 5.75 Å². The number of imidazole rings is 1. The number of nitrogens with zero attached hydrogens (tertiary/aromatic N) is 2. The maximum Gasteiger partial charge on any atom is 0.270 e. The SMILES string of the molecule is COc1cccn2c(C(=O)NCC3CCCO3)c(C)nc12. The molecule has 1 aliphatic heterocycles. The molecule has 3 heterocycles. The molecular formula is C15H19N3O3. The maximum absolute atomic E-state index is 12.4. The third-order valence-corrected chi connectivity index (χ3v) is 3.74. The lowest BCUT2D eigenvalue weighted by atomic mass is 10.2. The molecule has 0 spiro atoms. The largest absolute Gasteiger partial charge is 0.493 e. The van der Waals surface area contributed by atoms with E-state index in [9.17, 15) is 4.79 Å². The summed E-state index contributed by atoms with van der Waals surface area (Å²) in [7, 11) is 1.59. The zero-order chi connectivity index (χ0) is 14.8. The Morgan fingerprint density at radius 3 is 3.19 bits per heavy atom. The summed E-state index contributed by atoms with van der Waals surface area (Å²) in [6.45, 7) is 3.15. The van der Waals surface area contributed by atoms with Crippen molar-refractivity contribution >= 4 is 11.6 Å². The average Bonchev–Trinajstić information content (AvgIpc) is 3.10. The number of rotatable bonds is 4. The monoisotopic (exact) mass is 289 g/mol. The van der Waals surface area contributed by atoms with Crippen LogP contribution in [0.2, 0.25) is 0 Å². The first-order chi connectivity index (χ1) is 10.2. The van der Waals surface area contributed by atoms with Crippen LogP contribution in [0.3, 0.4) is 0 Å². The molecule has 1 aliphatic rings. The molecule has 1 unspecified atom stereocenters. The van der Waals surface area contributed by atoms with Gasteiger partial charge in [0.05, 0.1) is 18.9 Å². The van der Waals surface area contributed by atoms with E-state index in [1.807, 2.05) is 25.3 Å². The summed E-state index contributed by atoms with van der Waals surface area (Å²) in [5, 5.41) is 2.93. The fourth-order valence-electron chi connectivity index (χ4n) is 2.68. The van der Waals surface area contributed by atoms with Gasteiger partial charge in [0.25, 0.3) is 5.91 Å². The van der Waals surface area contributed by atoms with Crippen LogP contribution >= 0.6 is 0 Å². The predicted octanol–water partition coefficient (Wildman–Crippen LogP) is 1.56. The van der Waals surface area contributed by atoms with E-state index in [1.54, 1.807) is 11.5 Å². The molecule has 0 radical (unpaired) electrons. The van der Waals surface area contributed by atoms with Crippen molar-refractivity contribution in [3.8, 4) is 5.75 Å². The second kappa shape index (κ2) is 5.73. The minimum atomic E-state index is -0.135. The number of fused-ring (bicyclic) bond motifs is 1. The van der Waals surface area contributed by atoms with E-state index >= 15 is 0 Å². The molecule has 112 valence electrons. The van der Waals surface area contributed by atoms with E-state index in [0.29, 0.717) is 29.3 Å². The number of nitrogens with one attached hydrogen (secondary N) is 1. The highest BCUT2D eigenvalue weighted by Crippen LogP contribution is 2.21. The lowest BCUT2D eigenvalue weighted by Gasteiger charge is -2.11. The number of amides is 1. The highest BCUT2D eigenvalue weighted by Gasteiger charge is 2.21. The van der Waals surface area contributed by atoms with Crippen LogP contribution in [-0.2, 0) is 4.74 Å². The Balaban J connectivity index is 1.85. The van der Waals surface area contributed by atoms with Crippen molar-refractivity contribution in [3.63, 3.8) is 0 Å². The second-order valence-corrected chi connectivity index (χ2v) is 5.16. The number of carbonyl (C=O) groups excluding carboxylic acids is 1. The van der Waals surface area contributed by atoms with E-state index in [0.717, 1.165) is 19.4 Å². The van der Waals surface area contributed by atoms with Crippen molar-refractivity contribution < 1.29 is 14.3 Å². The Bertz CT molecular complexity index is 659. The number of aromatic nitrogens is 2. The molecule has 6 heteroatoms. The average molecular weight is 289 g/mol. The first-order valence-electron chi connectivity index (χ1n) is 7.12. The van der Waals surface area contributed by atoms with Gasteiger partial charge in [-0.25, -0.2) is 4.98 Å². The summed E-state index contributed by atoms with van der Waals surface area (Å²) in [6.07, 6.45) is 4.01. The third kappa shape index (κ3) is 2.58. The first-order valence-corrected chi connectivity index (χ1v) is 7.12. The number of hydrogen-bond donors (Lipinski definition) is 1. The minimum Gasteiger partial charge on any atom is -0.493 e. The molecule has 1 amide bonds. The van der Waals surface area contributed by atoms with Crippen LogP contribution in [0, 0.1) is 6.92 Å². The second-order valence-electron chi connectivity index (χ2n) is 5.16. The van der Waals surface area contributed by atoms with Crippen LogP contribution in [0.1, 0.15) is 29.0 Å². The molecule has 1 N–H and O–H groups in total. The van der Waals surface area contributed by atoms with Gasteiger partial charge in [-0.3, -0.25) is 9.20 Å². The normalized spacial score (nSPS) is 18.1. The molecule has 2 aromatic rings. The molecule has 6 nitrogen and oxygen atoms in total. The quantitative estimate of drug-likeness (QED) is 0.927. The van der Waals surface area contributed by atoms with Gasteiger partial charge in [-0.1, -0.05) is 0 Å². The number of ether oxygens (including phenoxy) is 2. The zero-order valence-corrected chi connectivity index (χ0v) is 12.3. The number of aryl methyl sites for hydroxylation is 1. The number of pyridine rings is 1. The van der Waals surface area contributed by atoms with Crippen LogP contribution in [-0.4, -0.2) is 41.7 Å². The van der Waals surface area contributed by atoms with Gasteiger partial charge in [0.15, 0.2) is 11.4 Å². The van der Waals surface area contributed by atoms with Crippen LogP contribution < -0.4 is 10.1 Å². The third-order valence-electron chi connectivity index (χ3n) is 3.74. The van der Waals surface area contributed by atoms with Crippen molar-refractivity contribution in [2.75, 3.05) is 20.3 Å². The number of methoxy groups -OCH3 is 1. The minimum absolute atomic E-state index is 0.128. The Morgan fingerprint density at radius 1 is 1.62 bits per heavy atom. The van der Waals surface area contributed by atoms with Crippen molar-refractivity contribution in [2.45, 2.75) is 25.9 Å². The molecule has 1 fully saturated rings. The summed E-state index contributed by atoms with van der Waals surface area (Å²) < 4.78 is 12.6. The standard InChI is InChI=1S/C15H19N3O3/c1-10-13(15(19)16-9-11-5-4-8-21-11)18-7-3-6-12(20-2)14(18)17-10/h3,6-7,11H,4-5,8-9H2,1-2H3,(H,16,19). The molecule has 3 rings (SSSR count). The van der Waals surface area contributed by atoms with Crippen molar-refractivity contribution in [1.82, 2.24) is 14.7 Å². The zero-order valence-electron chi connectivity index (χ0n) is 12.3. The van der Waals surface area contributed by atoms with Crippen molar-refractivity contribution in [3.05, 3.63) is 29.7 Å². The number of carbonyl (C=O) groups is 1. The van der Waals surface area contributed by atoms with Gasteiger partial charge in [-0.2, -0.15) is 0 Å². The van der Waals surface area contributed by atoms with Crippen LogP contribution in [0.25, 0.3) is 5.65 Å². The fraction of sp³-hybridized carbons (Fsp3) is 0.467. The van der Waals surface area contributed by atoms with E-state index < -0.39 is 0 Å². The lowest BCUT2D eigenvalue weighted by molar-refractivity contribution is 0.0852. The molecule has 21 heavy (non-hydrogen) atoms. The molecule has 2 aromatic heterocycles. The summed E-state index contributed by atoms with van der Waals surface area (Å²) in [5.41, 5.74) is 1.88. The van der Waals surface area contributed by atoms with E-state index in [2.05, 4.69) is 10.3 Å². The molecule has 1 saturated heterocycles. The maximum atomic E-state index is 12.4. The van der Waals surface area contributed by atoms with Gasteiger partial charge in [0.1, 0.15) is 5.69 Å². The van der Waals surface area contributed by atoms with E-state index in [1.165, 1.54) is 0 Å². The van der Waals surface area contributed by atoms with Gasteiger partial charge in [-0.15, -0.1) is 0 Å². The highest BCUT2D eigenvalue weighted by atomic mass is 16.5. The Hall–Kier alpha value is -2.08. The topological polar surface area (TPSA) is 64.9 Å². The van der Waals surface area contributed by atoms with Gasteiger partial charge >= 0.3 is 0 Å². The van der Waals surface area contributed by atoms with Crippen molar-refractivity contribution in [2.24, 2.45) is 0 Å². The van der Waals surface area contributed by atoms with Crippen molar-refractivity contribution in [1.29, 1.82) is 0 Å². The van der Waals surface area contributed by atoms with E-state index in [4.69, 9.17) is 9.47 Å². The van der Waals surface area contributed by atoms with Gasteiger partial charge in [-0.05, 0) is 31.9 Å². The van der Waals surface area contributed by atoms with Gasteiger partial charge in [0.2, 0.25) is 0 Å². The Morgan fingerprint density at radius 2 is 2.48 bits per heavy atom. The highest BCUT2D eigenvalue weighted by molar-refractivity contribution is 5.95. The molecule has 0 aliphatic carbocycles. The molecule has 0 bridgehead atoms. The van der Waals surface area contributed by atoms with Gasteiger partial charge < -0.3 is 14.8 Å². The molecule has 0 saturated carbocycles. The Labute approximate surface area is 123 Å². The predicted molar refractivity (Wildman–Crippen MR) is 77.8 cm³/mol. The van der Waals surface area contributed by atoms with Gasteiger partial charge in [0, 0.05) is 19.3 Å². The smallest absolute Gasteiger partial charge is 0.270 e. The van der Waals surface area contributed by atoms with Crippen LogP contribution in [0.15, 0.2) is 18.3 Å². The Kier molecular flexibility index (Phi) is 3.79. The molecule has 0 aromatic carbocycles. The lowest BCUT2D eigenvalue weighted by Crippen LogP contribution is -2.32. The molecular weight excluding hydrogens is 270 g/mol. The summed E-state index contributed by atoms with van der Waals surface area (Å²) in [5.74, 6) is 0.516. The summed E-state index contributed by atoms with van der Waals surface area (Å²) in [6, 6.07) is 3.67. The van der Waals surface area contributed by atoms with E-state index in [-0.39, 0.29) is 12.0 Å². The first kappa shape index (κ1) is 13.9. The van der Waals surface area contributed by atoms with Crippen LogP contribution in [0.4, 0.5) is 0 Å².